The Morgan fingerprint density at radius 2 is 1.73 bits per heavy atom. The minimum absolute atomic E-state index is 0.202. The zero-order valence-corrected chi connectivity index (χ0v) is 14.1. The molecule has 0 unspecified atom stereocenters. The molecule has 0 aliphatic heterocycles. The van der Waals surface area contributed by atoms with Crippen molar-refractivity contribution in [3.8, 4) is 16.2 Å². The number of carbonyl (C=O) groups excluding carboxylic acids is 1. The van der Waals surface area contributed by atoms with E-state index in [1.807, 2.05) is 18.2 Å². The van der Waals surface area contributed by atoms with Gasteiger partial charge in [-0.1, -0.05) is 12.1 Å². The van der Waals surface area contributed by atoms with Gasteiger partial charge in [-0.05, 0) is 47.5 Å². The minimum Gasteiger partial charge on any atom is -0.406 e. The van der Waals surface area contributed by atoms with E-state index in [0.717, 1.165) is 10.4 Å². The normalized spacial score (nSPS) is 11.2. The van der Waals surface area contributed by atoms with Crippen molar-refractivity contribution < 1.29 is 22.7 Å². The number of nitrogens with zero attached hydrogens (tertiary/aromatic N) is 1. The summed E-state index contributed by atoms with van der Waals surface area (Å²) in [5.74, 6) is -0.543. The van der Waals surface area contributed by atoms with Crippen molar-refractivity contribution in [1.82, 2.24) is 10.3 Å². The number of hydrogen-bond acceptors (Lipinski definition) is 4. The van der Waals surface area contributed by atoms with Crippen LogP contribution in [0.2, 0.25) is 0 Å². The molecule has 0 aliphatic carbocycles. The highest BCUT2D eigenvalue weighted by Gasteiger charge is 2.30. The van der Waals surface area contributed by atoms with Crippen molar-refractivity contribution in [3.05, 3.63) is 71.4 Å². The van der Waals surface area contributed by atoms with E-state index in [0.29, 0.717) is 10.4 Å². The molecule has 1 amide bonds. The average molecular weight is 378 g/mol. The highest BCUT2D eigenvalue weighted by Crippen LogP contribution is 2.27. The predicted molar refractivity (Wildman–Crippen MR) is 91.8 cm³/mol. The molecule has 0 radical (unpaired) electrons. The summed E-state index contributed by atoms with van der Waals surface area (Å²) in [7, 11) is 0. The van der Waals surface area contributed by atoms with Gasteiger partial charge < -0.3 is 10.1 Å². The molecule has 0 saturated carbocycles. The molecule has 0 saturated heterocycles. The number of aromatic nitrogens is 1. The summed E-state index contributed by atoms with van der Waals surface area (Å²) in [4.78, 5) is 17.7. The van der Waals surface area contributed by atoms with Crippen LogP contribution in [0.1, 0.15) is 15.2 Å². The molecule has 8 heteroatoms. The first-order valence-electron chi connectivity index (χ1n) is 7.54. The van der Waals surface area contributed by atoms with Crippen LogP contribution < -0.4 is 10.1 Å². The number of nitrogens with one attached hydrogen (secondary N) is 1. The fourth-order valence-corrected chi connectivity index (χ4v) is 3.14. The molecule has 2 heterocycles. The van der Waals surface area contributed by atoms with Crippen molar-refractivity contribution in [2.75, 3.05) is 0 Å². The Balaban J connectivity index is 1.58. The van der Waals surface area contributed by atoms with Crippen LogP contribution in [0.4, 0.5) is 13.2 Å². The molecule has 0 fully saturated rings. The van der Waals surface area contributed by atoms with Gasteiger partial charge in [-0.2, -0.15) is 0 Å². The van der Waals surface area contributed by atoms with E-state index < -0.39 is 6.36 Å². The number of benzene rings is 1. The summed E-state index contributed by atoms with van der Waals surface area (Å²) in [6, 6.07) is 12.7. The van der Waals surface area contributed by atoms with Crippen molar-refractivity contribution in [2.45, 2.75) is 12.9 Å². The van der Waals surface area contributed by atoms with Crippen LogP contribution >= 0.6 is 11.3 Å². The van der Waals surface area contributed by atoms with Gasteiger partial charge in [0.05, 0.1) is 4.88 Å². The molecule has 0 spiro atoms. The number of rotatable bonds is 5. The summed E-state index contributed by atoms with van der Waals surface area (Å²) in [6.45, 7) is 0.202. The third-order valence-electron chi connectivity index (χ3n) is 3.40. The van der Waals surface area contributed by atoms with Gasteiger partial charge in [0, 0.05) is 23.8 Å². The van der Waals surface area contributed by atoms with E-state index in [-0.39, 0.29) is 18.2 Å². The van der Waals surface area contributed by atoms with Gasteiger partial charge in [0.25, 0.3) is 5.91 Å². The number of amides is 1. The van der Waals surface area contributed by atoms with Crippen LogP contribution in [0.3, 0.4) is 0 Å². The van der Waals surface area contributed by atoms with E-state index in [4.69, 9.17) is 0 Å². The smallest absolute Gasteiger partial charge is 0.406 e. The summed E-state index contributed by atoms with van der Waals surface area (Å²) in [5.41, 5.74) is 1.64. The standard InChI is InChI=1S/C18H13F3N2O2S/c19-18(20,21)25-14-3-1-12(2-4-14)11-23-17(24)16-6-5-15(26-16)13-7-9-22-10-8-13/h1-10H,11H2,(H,23,24). The number of carbonyl (C=O) groups is 1. The minimum atomic E-state index is -4.72. The summed E-state index contributed by atoms with van der Waals surface area (Å²) >= 11 is 1.35. The first kappa shape index (κ1) is 17.9. The van der Waals surface area contributed by atoms with Crippen molar-refractivity contribution in [2.24, 2.45) is 0 Å². The lowest BCUT2D eigenvalue weighted by Crippen LogP contribution is -2.21. The molecule has 3 rings (SSSR count). The summed E-state index contributed by atoms with van der Waals surface area (Å²) in [5, 5.41) is 2.74. The Hall–Kier alpha value is -2.87. The fraction of sp³-hybridized carbons (Fsp3) is 0.111. The van der Waals surface area contributed by atoms with Gasteiger partial charge in [-0.25, -0.2) is 0 Å². The van der Waals surface area contributed by atoms with Crippen molar-refractivity contribution >= 4 is 17.2 Å². The van der Waals surface area contributed by atoms with Gasteiger partial charge >= 0.3 is 6.36 Å². The SMILES string of the molecule is O=C(NCc1ccc(OC(F)(F)F)cc1)c1ccc(-c2ccncc2)s1. The van der Waals surface area contributed by atoms with E-state index >= 15 is 0 Å². The number of alkyl halides is 3. The van der Waals surface area contributed by atoms with Gasteiger partial charge in [-0.3, -0.25) is 9.78 Å². The molecule has 134 valence electrons. The Labute approximate surface area is 151 Å². The topological polar surface area (TPSA) is 51.2 Å². The average Bonchev–Trinajstić information content (AvgIpc) is 3.10. The van der Waals surface area contributed by atoms with Gasteiger partial charge in [0.15, 0.2) is 0 Å². The Kier molecular flexibility index (Phi) is 5.22. The summed E-state index contributed by atoms with van der Waals surface area (Å²) < 4.78 is 40.2. The molecule has 0 bridgehead atoms. The maximum absolute atomic E-state index is 12.2. The molecule has 0 atom stereocenters. The van der Waals surface area contributed by atoms with Gasteiger partial charge in [-0.15, -0.1) is 24.5 Å². The molecule has 26 heavy (non-hydrogen) atoms. The second-order valence-electron chi connectivity index (χ2n) is 5.27. The number of halogens is 3. The van der Waals surface area contributed by atoms with Crippen LogP contribution in [0, 0.1) is 0 Å². The fourth-order valence-electron chi connectivity index (χ4n) is 2.21. The van der Waals surface area contributed by atoms with Crippen LogP contribution in [-0.4, -0.2) is 17.3 Å². The highest BCUT2D eigenvalue weighted by atomic mass is 32.1. The lowest BCUT2D eigenvalue weighted by molar-refractivity contribution is -0.274. The van der Waals surface area contributed by atoms with Crippen LogP contribution in [0.25, 0.3) is 10.4 Å². The highest BCUT2D eigenvalue weighted by molar-refractivity contribution is 7.17. The first-order chi connectivity index (χ1) is 12.4. The second-order valence-corrected chi connectivity index (χ2v) is 6.36. The maximum Gasteiger partial charge on any atom is 0.573 e. The first-order valence-corrected chi connectivity index (χ1v) is 8.35. The van der Waals surface area contributed by atoms with Crippen LogP contribution in [-0.2, 0) is 6.54 Å². The zero-order valence-electron chi connectivity index (χ0n) is 13.3. The largest absolute Gasteiger partial charge is 0.573 e. The molecule has 1 N–H and O–H groups in total. The summed E-state index contributed by atoms with van der Waals surface area (Å²) in [6.07, 6.45) is -1.36. The van der Waals surface area contributed by atoms with Crippen LogP contribution in [0.15, 0.2) is 60.9 Å². The molecule has 3 aromatic rings. The predicted octanol–water partition coefficient (Wildman–Crippen LogP) is 4.64. The number of hydrogen-bond donors (Lipinski definition) is 1. The number of pyridine rings is 1. The molecule has 2 aromatic heterocycles. The van der Waals surface area contributed by atoms with E-state index in [1.54, 1.807) is 18.5 Å². The Bertz CT molecular complexity index is 877. The molecular formula is C18H13F3N2O2S. The third-order valence-corrected chi connectivity index (χ3v) is 4.54. The zero-order chi connectivity index (χ0) is 18.6. The number of ether oxygens (including phenoxy) is 1. The molecule has 1 aromatic carbocycles. The third kappa shape index (κ3) is 4.82. The maximum atomic E-state index is 12.2. The van der Waals surface area contributed by atoms with Gasteiger partial charge in [0.1, 0.15) is 5.75 Å². The molecular weight excluding hydrogens is 365 g/mol. The quantitative estimate of drug-likeness (QED) is 0.704. The second kappa shape index (κ2) is 7.57. The van der Waals surface area contributed by atoms with E-state index in [1.165, 1.54) is 35.6 Å². The monoisotopic (exact) mass is 378 g/mol. The number of thiophene rings is 1. The lowest BCUT2D eigenvalue weighted by Gasteiger charge is -2.09. The molecule has 4 nitrogen and oxygen atoms in total. The Morgan fingerprint density at radius 1 is 1.04 bits per heavy atom. The van der Waals surface area contributed by atoms with E-state index in [9.17, 15) is 18.0 Å². The van der Waals surface area contributed by atoms with Crippen molar-refractivity contribution in [3.63, 3.8) is 0 Å². The lowest BCUT2D eigenvalue weighted by atomic mass is 10.2. The molecule has 0 aliphatic rings. The van der Waals surface area contributed by atoms with E-state index in [2.05, 4.69) is 15.0 Å². The van der Waals surface area contributed by atoms with Gasteiger partial charge in [0.2, 0.25) is 0 Å². The van der Waals surface area contributed by atoms with Crippen LogP contribution in [0.5, 0.6) is 5.75 Å². The van der Waals surface area contributed by atoms with Crippen molar-refractivity contribution in [1.29, 1.82) is 0 Å². The Morgan fingerprint density at radius 3 is 2.38 bits per heavy atom.